The number of halogens is 1. The minimum absolute atomic E-state index is 0. The number of likely N-dealkylation sites (N-methyl/N-ethyl adjacent to an activating group) is 1. The van der Waals surface area contributed by atoms with Gasteiger partial charge in [-0.3, -0.25) is 15.1 Å². The van der Waals surface area contributed by atoms with E-state index in [1.807, 2.05) is 0 Å². The highest BCUT2D eigenvalue weighted by molar-refractivity contribution is 14.0. The zero-order valence-corrected chi connectivity index (χ0v) is 17.4. The summed E-state index contributed by atoms with van der Waals surface area (Å²) in [5, 5.41) is 17.3. The summed E-state index contributed by atoms with van der Waals surface area (Å²) in [4.78, 5) is 17.0. The van der Waals surface area contributed by atoms with Crippen LogP contribution in [0, 0.1) is 10.1 Å². The third-order valence-electron chi connectivity index (χ3n) is 3.53. The summed E-state index contributed by atoms with van der Waals surface area (Å²) >= 11 is 0. The van der Waals surface area contributed by atoms with E-state index in [0.29, 0.717) is 18.1 Å². The number of aliphatic imine (C=N–C) groups is 1. The zero-order chi connectivity index (χ0) is 17.8. The SMILES string of the molecule is CN=C(NCCN(C)CCCOC)NCc1ccccc1[N+](=O)[O-].I. The van der Waals surface area contributed by atoms with Crippen molar-refractivity contribution in [3.63, 3.8) is 0 Å². The molecule has 8 nitrogen and oxygen atoms in total. The summed E-state index contributed by atoms with van der Waals surface area (Å²) in [6.45, 7) is 3.69. The van der Waals surface area contributed by atoms with E-state index in [1.54, 1.807) is 32.4 Å². The van der Waals surface area contributed by atoms with Gasteiger partial charge in [0, 0.05) is 58.6 Å². The number of ether oxygens (including phenoxy) is 1. The van der Waals surface area contributed by atoms with Crippen molar-refractivity contribution in [1.82, 2.24) is 15.5 Å². The van der Waals surface area contributed by atoms with Gasteiger partial charge in [-0.2, -0.15) is 0 Å². The molecule has 0 heterocycles. The van der Waals surface area contributed by atoms with E-state index >= 15 is 0 Å². The van der Waals surface area contributed by atoms with Crippen LogP contribution in [0.2, 0.25) is 0 Å². The van der Waals surface area contributed by atoms with E-state index < -0.39 is 0 Å². The molecule has 0 atom stereocenters. The van der Waals surface area contributed by atoms with Crippen molar-refractivity contribution in [2.24, 2.45) is 4.99 Å². The van der Waals surface area contributed by atoms with Crippen molar-refractivity contribution >= 4 is 35.6 Å². The normalized spacial score (nSPS) is 11.1. The van der Waals surface area contributed by atoms with E-state index in [1.165, 1.54) is 6.07 Å². The third-order valence-corrected chi connectivity index (χ3v) is 3.53. The van der Waals surface area contributed by atoms with Gasteiger partial charge in [-0.05, 0) is 13.5 Å². The van der Waals surface area contributed by atoms with E-state index in [-0.39, 0.29) is 34.6 Å². The van der Waals surface area contributed by atoms with E-state index in [0.717, 1.165) is 32.7 Å². The molecule has 0 bridgehead atoms. The van der Waals surface area contributed by atoms with Gasteiger partial charge >= 0.3 is 0 Å². The molecule has 1 rings (SSSR count). The molecule has 0 saturated heterocycles. The first-order valence-electron chi connectivity index (χ1n) is 7.92. The quantitative estimate of drug-likeness (QED) is 0.137. The molecule has 1 aromatic carbocycles. The second-order valence-electron chi connectivity index (χ2n) is 5.39. The van der Waals surface area contributed by atoms with Crippen molar-refractivity contribution in [3.8, 4) is 0 Å². The van der Waals surface area contributed by atoms with Crippen LogP contribution in [-0.2, 0) is 11.3 Å². The van der Waals surface area contributed by atoms with Gasteiger partial charge in [0.25, 0.3) is 5.69 Å². The number of methoxy groups -OCH3 is 1. The lowest BCUT2D eigenvalue weighted by molar-refractivity contribution is -0.385. The maximum absolute atomic E-state index is 11.0. The fourth-order valence-corrected chi connectivity index (χ4v) is 2.19. The van der Waals surface area contributed by atoms with Crippen LogP contribution in [0.3, 0.4) is 0 Å². The number of hydrogen-bond donors (Lipinski definition) is 2. The molecule has 0 fully saturated rings. The predicted molar refractivity (Wildman–Crippen MR) is 111 cm³/mol. The van der Waals surface area contributed by atoms with Gasteiger partial charge in [-0.25, -0.2) is 0 Å². The van der Waals surface area contributed by atoms with Crippen LogP contribution in [0.25, 0.3) is 0 Å². The minimum Gasteiger partial charge on any atom is -0.385 e. The highest BCUT2D eigenvalue weighted by Crippen LogP contribution is 2.16. The van der Waals surface area contributed by atoms with E-state index in [9.17, 15) is 10.1 Å². The molecular weight excluding hydrogens is 437 g/mol. The number of rotatable bonds is 10. The van der Waals surface area contributed by atoms with Gasteiger partial charge in [0.15, 0.2) is 5.96 Å². The van der Waals surface area contributed by atoms with Crippen LogP contribution >= 0.6 is 24.0 Å². The molecule has 2 N–H and O–H groups in total. The number of nitro groups is 1. The molecule has 0 aliphatic heterocycles. The number of guanidine groups is 1. The minimum atomic E-state index is -0.373. The van der Waals surface area contributed by atoms with Gasteiger partial charge in [0.05, 0.1) is 4.92 Å². The molecule has 0 saturated carbocycles. The molecule has 0 amide bonds. The Labute approximate surface area is 166 Å². The van der Waals surface area contributed by atoms with Gasteiger partial charge in [0.1, 0.15) is 0 Å². The molecular formula is C16H28IN5O3. The van der Waals surface area contributed by atoms with Crippen molar-refractivity contribution < 1.29 is 9.66 Å². The first-order chi connectivity index (χ1) is 11.6. The monoisotopic (exact) mass is 465 g/mol. The van der Waals surface area contributed by atoms with Crippen LogP contribution in [0.5, 0.6) is 0 Å². The fourth-order valence-electron chi connectivity index (χ4n) is 2.19. The average molecular weight is 465 g/mol. The lowest BCUT2D eigenvalue weighted by Gasteiger charge is -2.18. The van der Waals surface area contributed by atoms with Crippen molar-refractivity contribution in [1.29, 1.82) is 0 Å². The van der Waals surface area contributed by atoms with E-state index in [2.05, 4.69) is 27.6 Å². The molecule has 1 aromatic rings. The summed E-state index contributed by atoms with van der Waals surface area (Å²) in [6.07, 6.45) is 0.998. The largest absolute Gasteiger partial charge is 0.385 e. The summed E-state index contributed by atoms with van der Waals surface area (Å²) in [5.74, 6) is 0.624. The summed E-state index contributed by atoms with van der Waals surface area (Å²) in [5.41, 5.74) is 0.737. The second kappa shape index (κ2) is 13.8. The maximum atomic E-state index is 11.0. The number of nitrogens with zero attached hydrogens (tertiary/aromatic N) is 3. The molecule has 0 unspecified atom stereocenters. The van der Waals surface area contributed by atoms with Gasteiger partial charge in [0.2, 0.25) is 0 Å². The molecule has 0 radical (unpaired) electrons. The zero-order valence-electron chi connectivity index (χ0n) is 15.0. The van der Waals surface area contributed by atoms with Gasteiger partial charge in [-0.1, -0.05) is 18.2 Å². The highest BCUT2D eigenvalue weighted by atomic mass is 127. The van der Waals surface area contributed by atoms with Crippen molar-refractivity contribution in [2.75, 3.05) is 47.4 Å². The highest BCUT2D eigenvalue weighted by Gasteiger charge is 2.12. The van der Waals surface area contributed by atoms with Crippen LogP contribution in [0.1, 0.15) is 12.0 Å². The molecule has 0 spiro atoms. The Balaban J connectivity index is 0.00000576. The molecule has 142 valence electrons. The topological polar surface area (TPSA) is 92.0 Å². The number of nitrogens with one attached hydrogen (secondary N) is 2. The summed E-state index contributed by atoms with van der Waals surface area (Å²) in [6, 6.07) is 6.69. The number of para-hydroxylation sites is 1. The van der Waals surface area contributed by atoms with E-state index in [4.69, 9.17) is 4.74 Å². The van der Waals surface area contributed by atoms with Crippen LogP contribution in [-0.4, -0.2) is 63.2 Å². The lowest BCUT2D eigenvalue weighted by atomic mass is 10.2. The smallest absolute Gasteiger partial charge is 0.274 e. The Hall–Kier alpha value is -1.46. The van der Waals surface area contributed by atoms with Crippen molar-refractivity contribution in [2.45, 2.75) is 13.0 Å². The number of nitro benzene ring substituents is 1. The first-order valence-corrected chi connectivity index (χ1v) is 7.92. The molecule has 9 heteroatoms. The third kappa shape index (κ3) is 9.56. The standard InChI is InChI=1S/C16H27N5O3.HI/c1-17-16(18-9-11-20(2)10-6-12-24-3)19-13-14-7-4-5-8-15(14)21(22)23;/h4-5,7-8H,6,9-13H2,1-3H3,(H2,17,18,19);1H. The Bertz CT molecular complexity index is 542. The first kappa shape index (κ1) is 23.5. The molecule has 25 heavy (non-hydrogen) atoms. The molecule has 0 aliphatic rings. The number of benzene rings is 1. The fraction of sp³-hybridized carbons (Fsp3) is 0.562. The van der Waals surface area contributed by atoms with Crippen molar-refractivity contribution in [3.05, 3.63) is 39.9 Å². The predicted octanol–water partition coefficient (Wildman–Crippen LogP) is 1.85. The molecule has 0 aliphatic carbocycles. The Kier molecular flexibility index (Phi) is 13.0. The average Bonchev–Trinajstić information content (AvgIpc) is 2.58. The van der Waals surface area contributed by atoms with Crippen LogP contribution in [0.15, 0.2) is 29.3 Å². The van der Waals surface area contributed by atoms with Crippen LogP contribution in [0.4, 0.5) is 5.69 Å². The Morgan fingerprint density at radius 1 is 1.32 bits per heavy atom. The van der Waals surface area contributed by atoms with Gasteiger partial charge in [-0.15, -0.1) is 24.0 Å². The Morgan fingerprint density at radius 3 is 2.68 bits per heavy atom. The number of hydrogen-bond acceptors (Lipinski definition) is 5. The van der Waals surface area contributed by atoms with Gasteiger partial charge < -0.3 is 20.3 Å². The Morgan fingerprint density at radius 2 is 2.04 bits per heavy atom. The van der Waals surface area contributed by atoms with Crippen LogP contribution < -0.4 is 10.6 Å². The molecule has 0 aromatic heterocycles. The summed E-state index contributed by atoms with van der Waals surface area (Å²) < 4.78 is 5.03. The summed E-state index contributed by atoms with van der Waals surface area (Å²) in [7, 11) is 5.44. The second-order valence-corrected chi connectivity index (χ2v) is 5.39. The maximum Gasteiger partial charge on any atom is 0.274 e. The lowest BCUT2D eigenvalue weighted by Crippen LogP contribution is -2.40.